The van der Waals surface area contributed by atoms with E-state index in [-0.39, 0.29) is 12.4 Å². The van der Waals surface area contributed by atoms with Crippen LogP contribution in [0.1, 0.15) is 13.8 Å². The highest BCUT2D eigenvalue weighted by atomic mass is 16.7. The lowest BCUT2D eigenvalue weighted by molar-refractivity contribution is -0.270. The molecule has 9 heteroatoms. The van der Waals surface area contributed by atoms with E-state index in [1.54, 1.807) is 0 Å². The molecule has 0 aliphatic carbocycles. The number of ketones is 1. The maximum Gasteiger partial charge on any atom is 0.217 e. The molecule has 1 amide bonds. The third-order valence-electron chi connectivity index (χ3n) is 3.21. The molecule has 21 heavy (non-hydrogen) atoms. The first kappa shape index (κ1) is 18.0. The molecular weight excluding hydrogens is 284 g/mol. The van der Waals surface area contributed by atoms with Gasteiger partial charge in [-0.25, -0.2) is 0 Å². The summed E-state index contributed by atoms with van der Waals surface area (Å²) in [5, 5.41) is 31.3. The number of carbonyl (C=O) groups is 2. The Balaban J connectivity index is 2.78. The van der Waals surface area contributed by atoms with Crippen LogP contribution in [0.25, 0.3) is 0 Å². The number of nitrogens with one attached hydrogen (secondary N) is 1. The van der Waals surface area contributed by atoms with Crippen LogP contribution in [-0.4, -0.2) is 76.9 Å². The zero-order valence-corrected chi connectivity index (χ0v) is 11.9. The molecule has 6 atom stereocenters. The van der Waals surface area contributed by atoms with Crippen LogP contribution >= 0.6 is 0 Å². The molecule has 0 aromatic heterocycles. The van der Waals surface area contributed by atoms with Crippen molar-refractivity contribution >= 4 is 11.7 Å². The second-order valence-corrected chi connectivity index (χ2v) is 4.98. The summed E-state index contributed by atoms with van der Waals surface area (Å²) in [5.74, 6) is -0.747. The molecule has 0 radical (unpaired) electrons. The van der Waals surface area contributed by atoms with Gasteiger partial charge < -0.3 is 35.8 Å². The second-order valence-electron chi connectivity index (χ2n) is 4.98. The number of carbonyl (C=O) groups excluding carboxylic acids is 2. The molecule has 1 aliphatic heterocycles. The van der Waals surface area contributed by atoms with Gasteiger partial charge in [0.1, 0.15) is 30.1 Å². The Kier molecular flexibility index (Phi) is 6.65. The predicted molar refractivity (Wildman–Crippen MR) is 70.0 cm³/mol. The van der Waals surface area contributed by atoms with Gasteiger partial charge in [-0.2, -0.15) is 0 Å². The van der Waals surface area contributed by atoms with Gasteiger partial charge in [0, 0.05) is 6.92 Å². The Bertz CT molecular complexity index is 379. The first-order valence-electron chi connectivity index (χ1n) is 6.55. The van der Waals surface area contributed by atoms with Crippen LogP contribution in [0.5, 0.6) is 0 Å². The number of aliphatic hydroxyl groups is 3. The van der Waals surface area contributed by atoms with Crippen molar-refractivity contribution in [3.8, 4) is 0 Å². The summed E-state index contributed by atoms with van der Waals surface area (Å²) < 4.78 is 10.6. The summed E-state index contributed by atoms with van der Waals surface area (Å²) in [5.41, 5.74) is 5.53. The van der Waals surface area contributed by atoms with Gasteiger partial charge >= 0.3 is 0 Å². The van der Waals surface area contributed by atoms with Gasteiger partial charge in [-0.3, -0.25) is 9.59 Å². The highest BCUT2D eigenvalue weighted by Gasteiger charge is 2.45. The molecule has 6 N–H and O–H groups in total. The van der Waals surface area contributed by atoms with Crippen LogP contribution in [0.2, 0.25) is 0 Å². The van der Waals surface area contributed by atoms with Gasteiger partial charge in [-0.05, 0) is 6.92 Å². The maximum atomic E-state index is 11.2. The smallest absolute Gasteiger partial charge is 0.217 e. The fraction of sp³-hybridized carbons (Fsp3) is 0.833. The van der Waals surface area contributed by atoms with Crippen molar-refractivity contribution in [3.05, 3.63) is 0 Å². The summed E-state index contributed by atoms with van der Waals surface area (Å²) in [7, 11) is 0. The van der Waals surface area contributed by atoms with Crippen LogP contribution in [0.15, 0.2) is 0 Å². The second kappa shape index (κ2) is 7.78. The lowest BCUT2D eigenvalue weighted by Crippen LogP contribution is -2.64. The Hall–Kier alpha value is -1.10. The summed E-state index contributed by atoms with van der Waals surface area (Å²) in [4.78, 5) is 22.2. The summed E-state index contributed by atoms with van der Waals surface area (Å²) in [6.07, 6.45) is -4.98. The number of Topliss-reactive ketones (excluding diaryl/α,β-unsaturated/α-hetero) is 1. The molecule has 0 aromatic carbocycles. The van der Waals surface area contributed by atoms with Crippen molar-refractivity contribution in [2.45, 2.75) is 50.5 Å². The maximum absolute atomic E-state index is 11.2. The highest BCUT2D eigenvalue weighted by Crippen LogP contribution is 2.22. The number of hydrogen-bond acceptors (Lipinski definition) is 8. The Morgan fingerprint density at radius 2 is 1.95 bits per heavy atom. The molecule has 1 rings (SSSR count). The number of hydrogen-bond donors (Lipinski definition) is 5. The zero-order valence-electron chi connectivity index (χ0n) is 11.9. The van der Waals surface area contributed by atoms with Crippen molar-refractivity contribution < 1.29 is 34.4 Å². The van der Waals surface area contributed by atoms with Crippen LogP contribution in [0.4, 0.5) is 0 Å². The highest BCUT2D eigenvalue weighted by molar-refractivity contribution is 5.81. The minimum absolute atomic E-state index is 0.183. The van der Waals surface area contributed by atoms with Crippen molar-refractivity contribution in [1.29, 1.82) is 0 Å². The van der Waals surface area contributed by atoms with Gasteiger partial charge in [-0.1, -0.05) is 0 Å². The minimum Gasteiger partial charge on any atom is -0.394 e. The van der Waals surface area contributed by atoms with E-state index in [2.05, 4.69) is 5.32 Å². The van der Waals surface area contributed by atoms with Crippen molar-refractivity contribution in [2.75, 3.05) is 13.2 Å². The van der Waals surface area contributed by atoms with Crippen LogP contribution in [0, 0.1) is 0 Å². The topological polar surface area (TPSA) is 151 Å². The van der Waals surface area contributed by atoms with Crippen molar-refractivity contribution in [3.63, 3.8) is 0 Å². The van der Waals surface area contributed by atoms with Gasteiger partial charge in [0.25, 0.3) is 0 Å². The summed E-state index contributed by atoms with van der Waals surface area (Å²) in [6.45, 7) is 1.81. The molecule has 0 aromatic rings. The molecule has 122 valence electrons. The lowest BCUT2D eigenvalue weighted by Gasteiger charge is -2.42. The van der Waals surface area contributed by atoms with Gasteiger partial charge in [-0.15, -0.1) is 0 Å². The van der Waals surface area contributed by atoms with E-state index in [1.165, 1.54) is 13.8 Å². The summed E-state index contributed by atoms with van der Waals surface area (Å²) >= 11 is 0. The Morgan fingerprint density at radius 3 is 2.43 bits per heavy atom. The molecular formula is C12H22N2O7. The standard InChI is InChI=1S/C12H22N2O7/c1-5(16)7(13)4-20-12-9(14-6(2)17)11(19)10(18)8(3-15)21-12/h7-12,15,18-19H,3-4,13H2,1-2H3,(H,14,17)/t7?,8-,9-,10-,11-,12-/m1/s1. The third kappa shape index (κ3) is 4.70. The third-order valence-corrected chi connectivity index (χ3v) is 3.21. The predicted octanol–water partition coefficient (Wildman–Crippen LogP) is -3.14. The van der Waals surface area contributed by atoms with E-state index in [0.717, 1.165) is 0 Å². The molecule has 1 saturated heterocycles. The number of amides is 1. The summed E-state index contributed by atoms with van der Waals surface area (Å²) in [6, 6.07) is -1.91. The first-order valence-corrected chi connectivity index (χ1v) is 6.55. The van der Waals surface area contributed by atoms with Crippen molar-refractivity contribution in [2.24, 2.45) is 5.73 Å². The van der Waals surface area contributed by atoms with E-state index in [0.29, 0.717) is 0 Å². The van der Waals surface area contributed by atoms with E-state index >= 15 is 0 Å². The van der Waals surface area contributed by atoms with Crippen LogP contribution < -0.4 is 11.1 Å². The van der Waals surface area contributed by atoms with Gasteiger partial charge in [0.05, 0.1) is 19.3 Å². The van der Waals surface area contributed by atoms with Crippen molar-refractivity contribution in [1.82, 2.24) is 5.32 Å². The quantitative estimate of drug-likeness (QED) is 0.345. The lowest BCUT2D eigenvalue weighted by atomic mass is 9.97. The Morgan fingerprint density at radius 1 is 1.33 bits per heavy atom. The molecule has 1 heterocycles. The van der Waals surface area contributed by atoms with Crippen LogP contribution in [0.3, 0.4) is 0 Å². The van der Waals surface area contributed by atoms with Crippen LogP contribution in [-0.2, 0) is 19.1 Å². The molecule has 0 spiro atoms. The van der Waals surface area contributed by atoms with Gasteiger partial charge in [0.2, 0.25) is 5.91 Å². The Labute approximate surface area is 122 Å². The zero-order chi connectivity index (χ0) is 16.2. The molecule has 1 aliphatic rings. The largest absolute Gasteiger partial charge is 0.394 e. The van der Waals surface area contributed by atoms with E-state index in [9.17, 15) is 19.8 Å². The minimum atomic E-state index is -1.39. The molecule has 0 saturated carbocycles. The SMILES string of the molecule is CC(=O)N[C@H]1[C@H](OCC(N)C(C)=O)O[C@H](CO)[C@@H](O)[C@@H]1O. The molecule has 9 nitrogen and oxygen atoms in total. The monoisotopic (exact) mass is 306 g/mol. The molecule has 1 fully saturated rings. The van der Waals surface area contributed by atoms with E-state index in [4.69, 9.17) is 20.3 Å². The average molecular weight is 306 g/mol. The average Bonchev–Trinajstić information content (AvgIpc) is 2.42. The van der Waals surface area contributed by atoms with Gasteiger partial charge in [0.15, 0.2) is 6.29 Å². The fourth-order valence-corrected chi connectivity index (χ4v) is 1.93. The number of ether oxygens (including phenoxy) is 2. The number of aliphatic hydroxyl groups excluding tert-OH is 3. The molecule has 1 unspecified atom stereocenters. The fourth-order valence-electron chi connectivity index (χ4n) is 1.93. The normalized spacial score (nSPS) is 34.3. The molecule has 0 bridgehead atoms. The number of rotatable bonds is 6. The van der Waals surface area contributed by atoms with E-state index in [1.807, 2.05) is 0 Å². The van der Waals surface area contributed by atoms with E-state index < -0.39 is 49.2 Å². The first-order chi connectivity index (χ1) is 9.77. The number of nitrogens with two attached hydrogens (primary N) is 1.